The number of unbranched alkanes of at least 4 members (excludes halogenated alkanes) is 2. The van der Waals surface area contributed by atoms with E-state index in [0.29, 0.717) is 0 Å². The van der Waals surface area contributed by atoms with Gasteiger partial charge in [-0.15, -0.1) is 0 Å². The molecule has 2 aliphatic rings. The minimum atomic E-state index is 0.219. The van der Waals surface area contributed by atoms with Crippen LogP contribution in [-0.4, -0.2) is 68.4 Å². The fourth-order valence-corrected chi connectivity index (χ4v) is 9.90. The number of hydrogen-bond acceptors (Lipinski definition) is 11. The van der Waals surface area contributed by atoms with E-state index >= 15 is 0 Å². The predicted molar refractivity (Wildman–Crippen MR) is 155 cm³/mol. The molecule has 0 N–H and O–H groups in total. The number of hydrogen-bond donors (Lipinski definition) is 0. The van der Waals surface area contributed by atoms with Gasteiger partial charge in [-0.1, -0.05) is 47.3 Å². The molecule has 0 aromatic rings. The molecule has 0 amide bonds. The van der Waals surface area contributed by atoms with Gasteiger partial charge in [0.2, 0.25) is 0 Å². The molecule has 0 aliphatic carbocycles. The Labute approximate surface area is 225 Å². The Balaban J connectivity index is 1.29. The third-order valence-corrected chi connectivity index (χ3v) is 12.5. The summed E-state index contributed by atoms with van der Waals surface area (Å²) in [5.41, 5.74) is 0. The third kappa shape index (κ3) is 17.4. The first-order chi connectivity index (χ1) is 16.2. The molecule has 0 saturated carbocycles. The van der Waals surface area contributed by atoms with E-state index in [9.17, 15) is 9.59 Å². The second-order valence-corrected chi connectivity index (χ2v) is 15.6. The molecule has 33 heavy (non-hydrogen) atoms. The van der Waals surface area contributed by atoms with Crippen LogP contribution in [0.1, 0.15) is 77.0 Å². The first-order valence-corrected chi connectivity index (χ1v) is 18.5. The molecular formula is C22H40N2O3S6. The molecule has 192 valence electrons. The molecular weight excluding hydrogens is 533 g/mol. The van der Waals surface area contributed by atoms with Crippen molar-refractivity contribution >= 4 is 76.0 Å². The summed E-state index contributed by atoms with van der Waals surface area (Å²) in [6.45, 7) is 5.79. The number of rotatable bonds is 14. The summed E-state index contributed by atoms with van der Waals surface area (Å²) in [5.74, 6) is 2.00. The predicted octanol–water partition coefficient (Wildman–Crippen LogP) is 8.61. The zero-order valence-electron chi connectivity index (χ0n) is 19.7. The third-order valence-electron chi connectivity index (χ3n) is 5.32. The summed E-state index contributed by atoms with van der Waals surface area (Å²) in [5, 5.41) is 0. The first-order valence-electron chi connectivity index (χ1n) is 12.3. The lowest BCUT2D eigenvalue weighted by atomic mass is 10.2. The quantitative estimate of drug-likeness (QED) is 0.114. The van der Waals surface area contributed by atoms with Gasteiger partial charge in [0.15, 0.2) is 0 Å². The molecule has 0 aromatic heterocycles. The van der Waals surface area contributed by atoms with Gasteiger partial charge in [-0.25, -0.2) is 8.61 Å². The Morgan fingerprint density at radius 2 is 0.970 bits per heavy atom. The van der Waals surface area contributed by atoms with Gasteiger partial charge in [0.05, 0.1) is 0 Å². The molecule has 0 aromatic carbocycles. The zero-order chi connectivity index (χ0) is 23.4. The lowest BCUT2D eigenvalue weighted by Gasteiger charge is -2.16. The summed E-state index contributed by atoms with van der Waals surface area (Å²) in [7, 11) is 6.14. The second kappa shape index (κ2) is 21.4. The lowest BCUT2D eigenvalue weighted by Crippen LogP contribution is -2.17. The molecule has 2 aliphatic heterocycles. The highest BCUT2D eigenvalue weighted by atomic mass is 33.1. The van der Waals surface area contributed by atoms with Gasteiger partial charge in [-0.3, -0.25) is 9.59 Å². The van der Waals surface area contributed by atoms with Crippen molar-refractivity contribution in [1.29, 1.82) is 0 Å². The summed E-state index contributed by atoms with van der Waals surface area (Å²) in [6.07, 6.45) is 14.3. The van der Waals surface area contributed by atoms with Crippen molar-refractivity contribution < 1.29 is 14.3 Å². The van der Waals surface area contributed by atoms with Gasteiger partial charge >= 0.3 is 0 Å². The molecule has 2 rings (SSSR count). The van der Waals surface area contributed by atoms with Crippen LogP contribution < -0.4 is 0 Å². The first kappa shape index (κ1) is 30.5. The van der Waals surface area contributed by atoms with Crippen molar-refractivity contribution in [2.75, 3.05) is 50.9 Å². The van der Waals surface area contributed by atoms with E-state index < -0.39 is 0 Å². The molecule has 0 radical (unpaired) electrons. The smallest absolute Gasteiger partial charge is 0.271 e. The largest absolute Gasteiger partial charge is 0.381 e. The molecule has 0 bridgehead atoms. The van der Waals surface area contributed by atoms with Crippen LogP contribution in [0, 0.1) is 0 Å². The Morgan fingerprint density at radius 3 is 1.36 bits per heavy atom. The fraction of sp³-hybridized carbons (Fsp3) is 0.909. The second-order valence-electron chi connectivity index (χ2n) is 8.21. The van der Waals surface area contributed by atoms with Gasteiger partial charge in [0.25, 0.3) is 8.89 Å². The van der Waals surface area contributed by atoms with Crippen LogP contribution in [0.15, 0.2) is 0 Å². The Bertz CT molecular complexity index is 472. The Kier molecular flexibility index (Phi) is 19.8. The number of carbonyl (C=O) groups excluding carboxylic acids is 2. The summed E-state index contributed by atoms with van der Waals surface area (Å²) < 4.78 is 10.6. The van der Waals surface area contributed by atoms with Crippen molar-refractivity contribution in [3.8, 4) is 0 Å². The van der Waals surface area contributed by atoms with Gasteiger partial charge in [-0.2, -0.15) is 0 Å². The zero-order valence-corrected chi connectivity index (χ0v) is 24.6. The van der Waals surface area contributed by atoms with E-state index in [1.807, 2.05) is 0 Å². The van der Waals surface area contributed by atoms with E-state index in [1.54, 1.807) is 21.6 Å². The van der Waals surface area contributed by atoms with Crippen LogP contribution in [0.5, 0.6) is 0 Å². The van der Waals surface area contributed by atoms with Crippen molar-refractivity contribution in [1.82, 2.24) is 8.61 Å². The maximum atomic E-state index is 12.1. The highest BCUT2D eigenvalue weighted by Gasteiger charge is 2.15. The fourth-order valence-electron chi connectivity index (χ4n) is 3.52. The number of carbonyl (C=O) groups is 2. The highest BCUT2D eigenvalue weighted by Crippen LogP contribution is 2.33. The Morgan fingerprint density at radius 1 is 0.576 bits per heavy atom. The van der Waals surface area contributed by atoms with Crippen LogP contribution in [0.4, 0.5) is 9.59 Å². The monoisotopic (exact) mass is 572 g/mol. The Hall–Kier alpha value is 1.32. The van der Waals surface area contributed by atoms with Crippen molar-refractivity contribution in [2.24, 2.45) is 0 Å². The maximum Gasteiger partial charge on any atom is 0.271 e. The molecule has 5 nitrogen and oxygen atoms in total. The van der Waals surface area contributed by atoms with E-state index in [4.69, 9.17) is 4.74 Å². The minimum Gasteiger partial charge on any atom is -0.381 e. The summed E-state index contributed by atoms with van der Waals surface area (Å²) >= 11 is 2.83. The summed E-state index contributed by atoms with van der Waals surface area (Å²) in [4.78, 5) is 24.1. The van der Waals surface area contributed by atoms with Crippen LogP contribution >= 0.6 is 67.1 Å². The lowest BCUT2D eigenvalue weighted by molar-refractivity contribution is 0.129. The van der Waals surface area contributed by atoms with E-state index in [1.165, 1.54) is 96.9 Å². The average molecular weight is 573 g/mol. The van der Waals surface area contributed by atoms with Crippen molar-refractivity contribution in [3.63, 3.8) is 0 Å². The van der Waals surface area contributed by atoms with Crippen molar-refractivity contribution in [3.05, 3.63) is 0 Å². The average Bonchev–Trinajstić information content (AvgIpc) is 3.22. The molecule has 0 unspecified atom stereocenters. The maximum absolute atomic E-state index is 12.1. The topological polar surface area (TPSA) is 49.9 Å². The van der Waals surface area contributed by atoms with Gasteiger partial charge in [0, 0.05) is 74.8 Å². The summed E-state index contributed by atoms with van der Waals surface area (Å²) in [6, 6.07) is 0. The van der Waals surface area contributed by atoms with Gasteiger partial charge < -0.3 is 4.74 Å². The van der Waals surface area contributed by atoms with Crippen LogP contribution in [0.2, 0.25) is 0 Å². The van der Waals surface area contributed by atoms with E-state index in [2.05, 4.69) is 8.61 Å². The SMILES string of the molecule is O=C(SSCCCCOCCCCSSC(=O)SN1CCCCCC1)SN1CCCCCC1. The number of ether oxygens (including phenoxy) is 1. The molecule has 11 heteroatoms. The van der Waals surface area contributed by atoms with Crippen LogP contribution in [0.3, 0.4) is 0 Å². The van der Waals surface area contributed by atoms with Gasteiger partial charge in [-0.05, 0) is 73.0 Å². The van der Waals surface area contributed by atoms with Crippen LogP contribution in [-0.2, 0) is 4.74 Å². The molecule has 2 fully saturated rings. The molecule has 2 saturated heterocycles. The number of nitrogens with zero attached hydrogens (tertiary/aromatic N) is 2. The normalized spacial score (nSPS) is 18.7. The minimum absolute atomic E-state index is 0.219. The molecule has 2 heterocycles. The standard InChI is InChI=1S/C22H40N2O3S6/c25-21(30-23-13-5-1-2-6-14-23)32-28-19-11-9-17-27-18-10-12-20-29-33-22(26)31-24-15-7-3-4-8-16-24/h1-20H2. The van der Waals surface area contributed by atoms with Crippen LogP contribution in [0.25, 0.3) is 0 Å². The highest BCUT2D eigenvalue weighted by molar-refractivity contribution is 8.86. The van der Waals surface area contributed by atoms with Crippen molar-refractivity contribution in [2.45, 2.75) is 77.0 Å². The molecule has 0 spiro atoms. The molecule has 0 atom stereocenters. The van der Waals surface area contributed by atoms with E-state index in [-0.39, 0.29) is 8.89 Å². The van der Waals surface area contributed by atoms with E-state index in [0.717, 1.165) is 76.6 Å². The van der Waals surface area contributed by atoms with Gasteiger partial charge in [0.1, 0.15) is 0 Å².